The van der Waals surface area contributed by atoms with Gasteiger partial charge in [0, 0.05) is 19.2 Å². The van der Waals surface area contributed by atoms with Gasteiger partial charge in [-0.25, -0.2) is 0 Å². The van der Waals surface area contributed by atoms with E-state index in [1.165, 1.54) is 17.2 Å². The summed E-state index contributed by atoms with van der Waals surface area (Å²) in [5.74, 6) is -1.08. The molecule has 1 saturated heterocycles. The Kier molecular flexibility index (Phi) is 3.38. The normalized spacial score (nSPS) is 20.2. The molecule has 1 atom stereocenters. The molecule has 0 radical (unpaired) electrons. The maximum absolute atomic E-state index is 11.9. The van der Waals surface area contributed by atoms with Crippen LogP contribution in [0.15, 0.2) is 16.8 Å². The molecule has 17 heavy (non-hydrogen) atoms. The van der Waals surface area contributed by atoms with Gasteiger partial charge in [0.1, 0.15) is 0 Å². The predicted octanol–water partition coefficient (Wildman–Crippen LogP) is -0.00970. The average molecular weight is 240 g/mol. The minimum atomic E-state index is -0.941. The van der Waals surface area contributed by atoms with Crippen LogP contribution in [0.1, 0.15) is 17.0 Å². The number of amides is 1. The number of nitrogens with zero attached hydrogens (tertiary/aromatic N) is 2. The summed E-state index contributed by atoms with van der Waals surface area (Å²) in [6.07, 6.45) is 0.816. The van der Waals surface area contributed by atoms with E-state index in [4.69, 9.17) is 14.4 Å². The lowest BCUT2D eigenvalue weighted by Gasteiger charge is -2.31. The summed E-state index contributed by atoms with van der Waals surface area (Å²) in [4.78, 5) is 24.0. The Morgan fingerprint density at radius 1 is 1.59 bits per heavy atom. The molecule has 7 heteroatoms. The van der Waals surface area contributed by atoms with Crippen molar-refractivity contribution >= 4 is 11.9 Å². The van der Waals surface area contributed by atoms with Gasteiger partial charge in [-0.15, -0.1) is 0 Å². The first-order valence-electron chi connectivity index (χ1n) is 5.20. The van der Waals surface area contributed by atoms with Gasteiger partial charge >= 0.3 is 5.97 Å². The smallest absolute Gasteiger partial charge is 0.306 e. The predicted molar refractivity (Wildman–Crippen MR) is 54.4 cm³/mol. The van der Waals surface area contributed by atoms with Crippen LogP contribution in [-0.2, 0) is 9.53 Å². The maximum Gasteiger partial charge on any atom is 0.306 e. The van der Waals surface area contributed by atoms with E-state index in [0.29, 0.717) is 13.2 Å². The van der Waals surface area contributed by atoms with Crippen LogP contribution in [0.3, 0.4) is 0 Å². The van der Waals surface area contributed by atoms with E-state index in [-0.39, 0.29) is 24.6 Å². The van der Waals surface area contributed by atoms with Crippen molar-refractivity contribution in [3.05, 3.63) is 18.0 Å². The number of carbonyl (C=O) groups excluding carboxylic acids is 1. The fourth-order valence-corrected chi connectivity index (χ4v) is 1.70. The van der Waals surface area contributed by atoms with Gasteiger partial charge in [0.05, 0.1) is 25.3 Å². The molecule has 0 saturated carbocycles. The quantitative estimate of drug-likeness (QED) is 0.798. The Labute approximate surface area is 96.9 Å². The van der Waals surface area contributed by atoms with Crippen LogP contribution in [0.4, 0.5) is 0 Å². The molecule has 0 bridgehead atoms. The van der Waals surface area contributed by atoms with Gasteiger partial charge in [-0.1, -0.05) is 5.16 Å². The fraction of sp³-hybridized carbons (Fsp3) is 0.500. The second-order valence-electron chi connectivity index (χ2n) is 3.72. The second-order valence-corrected chi connectivity index (χ2v) is 3.72. The van der Waals surface area contributed by atoms with Crippen LogP contribution < -0.4 is 0 Å². The summed E-state index contributed by atoms with van der Waals surface area (Å²) < 4.78 is 10.0. The third-order valence-corrected chi connectivity index (χ3v) is 2.48. The van der Waals surface area contributed by atoms with Crippen LogP contribution in [0.5, 0.6) is 0 Å². The number of carboxylic acid groups (broad SMARTS) is 1. The molecule has 2 heterocycles. The molecule has 1 unspecified atom stereocenters. The second kappa shape index (κ2) is 4.96. The van der Waals surface area contributed by atoms with Crippen LogP contribution >= 0.6 is 0 Å². The zero-order valence-electron chi connectivity index (χ0n) is 9.04. The Morgan fingerprint density at radius 3 is 3.06 bits per heavy atom. The highest BCUT2D eigenvalue weighted by Gasteiger charge is 2.27. The van der Waals surface area contributed by atoms with Crippen LogP contribution in [0, 0.1) is 0 Å². The van der Waals surface area contributed by atoms with Gasteiger partial charge in [-0.3, -0.25) is 9.59 Å². The lowest BCUT2D eigenvalue weighted by atomic mass is 10.2. The highest BCUT2D eigenvalue weighted by atomic mass is 16.5. The van der Waals surface area contributed by atoms with E-state index in [2.05, 4.69) is 5.16 Å². The third kappa shape index (κ3) is 2.82. The molecule has 1 aliphatic rings. The number of hydrogen-bond donors (Lipinski definition) is 1. The molecule has 1 aromatic heterocycles. The highest BCUT2D eigenvalue weighted by Crippen LogP contribution is 2.12. The van der Waals surface area contributed by atoms with Crippen LogP contribution in [-0.4, -0.2) is 52.8 Å². The van der Waals surface area contributed by atoms with Crippen molar-refractivity contribution in [2.24, 2.45) is 0 Å². The molecule has 1 amide bonds. The lowest BCUT2D eigenvalue weighted by Crippen LogP contribution is -2.46. The number of hydrogen-bond acceptors (Lipinski definition) is 5. The summed E-state index contributed by atoms with van der Waals surface area (Å²) in [5, 5.41) is 12.1. The zero-order chi connectivity index (χ0) is 12.3. The molecule has 2 rings (SSSR count). The SMILES string of the molecule is O=C(O)CC1CN(C(=O)c2ccno2)CCO1. The highest BCUT2D eigenvalue weighted by molar-refractivity contribution is 5.91. The zero-order valence-corrected chi connectivity index (χ0v) is 9.04. The van der Waals surface area contributed by atoms with Crippen molar-refractivity contribution in [1.29, 1.82) is 0 Å². The van der Waals surface area contributed by atoms with E-state index in [0.717, 1.165) is 0 Å². The molecule has 1 N–H and O–H groups in total. The average Bonchev–Trinajstić information content (AvgIpc) is 2.81. The van der Waals surface area contributed by atoms with Gasteiger partial charge in [0.15, 0.2) is 0 Å². The lowest BCUT2D eigenvalue weighted by molar-refractivity contribution is -0.141. The number of aliphatic carboxylic acids is 1. The van der Waals surface area contributed by atoms with Gasteiger partial charge in [0.25, 0.3) is 5.91 Å². The molecule has 0 aliphatic carbocycles. The number of carbonyl (C=O) groups is 2. The van der Waals surface area contributed by atoms with Crippen molar-refractivity contribution in [1.82, 2.24) is 10.1 Å². The molecule has 1 aromatic rings. The van der Waals surface area contributed by atoms with E-state index < -0.39 is 12.1 Å². The summed E-state index contributed by atoms with van der Waals surface area (Å²) in [7, 11) is 0. The summed E-state index contributed by atoms with van der Waals surface area (Å²) in [5.41, 5.74) is 0. The standard InChI is InChI=1S/C10H12N2O5/c13-9(14)5-7-6-12(3-4-16-7)10(15)8-1-2-11-17-8/h1-2,7H,3-6H2,(H,13,14). The van der Waals surface area contributed by atoms with Crippen molar-refractivity contribution in [3.8, 4) is 0 Å². The molecule has 0 spiro atoms. The van der Waals surface area contributed by atoms with Crippen molar-refractivity contribution in [3.63, 3.8) is 0 Å². The van der Waals surface area contributed by atoms with E-state index >= 15 is 0 Å². The number of ether oxygens (including phenoxy) is 1. The van der Waals surface area contributed by atoms with Crippen LogP contribution in [0.25, 0.3) is 0 Å². The maximum atomic E-state index is 11.9. The first kappa shape index (κ1) is 11.6. The fourth-order valence-electron chi connectivity index (χ4n) is 1.70. The van der Waals surface area contributed by atoms with Gasteiger partial charge in [-0.2, -0.15) is 0 Å². The monoisotopic (exact) mass is 240 g/mol. The van der Waals surface area contributed by atoms with Gasteiger partial charge < -0.3 is 19.3 Å². The molecular weight excluding hydrogens is 228 g/mol. The van der Waals surface area contributed by atoms with Crippen molar-refractivity contribution in [2.75, 3.05) is 19.7 Å². The molecule has 0 aromatic carbocycles. The van der Waals surface area contributed by atoms with Crippen LogP contribution in [0.2, 0.25) is 0 Å². The summed E-state index contributed by atoms with van der Waals surface area (Å²) >= 11 is 0. The first-order valence-corrected chi connectivity index (χ1v) is 5.20. The molecule has 1 fully saturated rings. The first-order chi connectivity index (χ1) is 8.16. The third-order valence-electron chi connectivity index (χ3n) is 2.48. The number of aromatic nitrogens is 1. The Hall–Kier alpha value is -1.89. The minimum absolute atomic E-state index is 0.111. The Morgan fingerprint density at radius 2 is 2.41 bits per heavy atom. The van der Waals surface area contributed by atoms with E-state index in [9.17, 15) is 9.59 Å². The molecule has 1 aliphatic heterocycles. The summed E-state index contributed by atoms with van der Waals surface area (Å²) in [6.45, 7) is 1.01. The Balaban J connectivity index is 1.97. The van der Waals surface area contributed by atoms with Gasteiger partial charge in [0.2, 0.25) is 5.76 Å². The summed E-state index contributed by atoms with van der Waals surface area (Å²) in [6, 6.07) is 1.48. The minimum Gasteiger partial charge on any atom is -0.481 e. The van der Waals surface area contributed by atoms with E-state index in [1.54, 1.807) is 0 Å². The molecule has 7 nitrogen and oxygen atoms in total. The largest absolute Gasteiger partial charge is 0.481 e. The van der Waals surface area contributed by atoms with Crippen molar-refractivity contribution in [2.45, 2.75) is 12.5 Å². The molecular formula is C10H12N2O5. The number of rotatable bonds is 3. The number of carboxylic acids is 1. The topological polar surface area (TPSA) is 92.9 Å². The van der Waals surface area contributed by atoms with Crippen molar-refractivity contribution < 1.29 is 24.0 Å². The number of morpholine rings is 1. The van der Waals surface area contributed by atoms with Gasteiger partial charge in [-0.05, 0) is 0 Å². The Bertz CT molecular complexity index is 403. The van der Waals surface area contributed by atoms with E-state index in [1.807, 2.05) is 0 Å². The molecule has 92 valence electrons.